The minimum atomic E-state index is -0.824. The third-order valence-corrected chi connectivity index (χ3v) is 3.48. The van der Waals surface area contributed by atoms with Crippen molar-refractivity contribution in [3.05, 3.63) is 35.8 Å². The molecule has 0 bridgehead atoms. The smallest absolute Gasteiger partial charge is 0.328 e. The van der Waals surface area contributed by atoms with Gasteiger partial charge in [0.25, 0.3) is 0 Å². The van der Waals surface area contributed by atoms with E-state index in [1.165, 1.54) is 19.2 Å². The van der Waals surface area contributed by atoms with Crippen LogP contribution in [0.1, 0.15) is 18.9 Å². The summed E-state index contributed by atoms with van der Waals surface area (Å²) < 4.78 is 18.0. The van der Waals surface area contributed by atoms with Crippen molar-refractivity contribution in [3.63, 3.8) is 0 Å². The van der Waals surface area contributed by atoms with Crippen molar-refractivity contribution in [2.75, 3.05) is 7.11 Å². The molecule has 1 heterocycles. The molecule has 7 heteroatoms. The molecule has 2 unspecified atom stereocenters. The van der Waals surface area contributed by atoms with Gasteiger partial charge >= 0.3 is 5.97 Å². The SMILES string of the molecule is COC(=O)C(Cc1c[nH]c2cc(F)ccc12)NC(=O)CC(C)N. The van der Waals surface area contributed by atoms with Gasteiger partial charge in [-0.2, -0.15) is 0 Å². The molecule has 6 nitrogen and oxygen atoms in total. The zero-order valence-electron chi connectivity index (χ0n) is 13.1. The van der Waals surface area contributed by atoms with Crippen molar-refractivity contribution >= 4 is 22.8 Å². The summed E-state index contributed by atoms with van der Waals surface area (Å²) in [6, 6.07) is 3.23. The quantitative estimate of drug-likeness (QED) is 0.697. The lowest BCUT2D eigenvalue weighted by Crippen LogP contribution is -2.44. The highest BCUT2D eigenvalue weighted by Gasteiger charge is 2.23. The van der Waals surface area contributed by atoms with E-state index in [1.54, 1.807) is 19.2 Å². The van der Waals surface area contributed by atoms with E-state index in [-0.39, 0.29) is 30.6 Å². The minimum absolute atomic E-state index is 0.118. The number of benzene rings is 1. The maximum atomic E-state index is 13.2. The number of aromatic nitrogens is 1. The van der Waals surface area contributed by atoms with Crippen molar-refractivity contribution in [2.24, 2.45) is 5.73 Å². The Kier molecular flexibility index (Phi) is 5.33. The first kappa shape index (κ1) is 17.0. The fourth-order valence-corrected chi connectivity index (χ4v) is 2.43. The van der Waals surface area contributed by atoms with Gasteiger partial charge in [-0.1, -0.05) is 0 Å². The number of carbonyl (C=O) groups is 2. The molecule has 0 radical (unpaired) electrons. The van der Waals surface area contributed by atoms with Crippen molar-refractivity contribution in [1.29, 1.82) is 0 Å². The highest BCUT2D eigenvalue weighted by atomic mass is 19.1. The average Bonchev–Trinajstić information content (AvgIpc) is 2.87. The zero-order chi connectivity index (χ0) is 17.0. The van der Waals surface area contributed by atoms with Crippen molar-refractivity contribution in [3.8, 4) is 0 Å². The number of halogens is 1. The number of rotatable bonds is 6. The Hall–Kier alpha value is -2.41. The molecule has 2 aromatic rings. The molecule has 4 N–H and O–H groups in total. The van der Waals surface area contributed by atoms with Crippen LogP contribution in [0, 0.1) is 5.82 Å². The maximum absolute atomic E-state index is 13.2. The largest absolute Gasteiger partial charge is 0.467 e. The third-order valence-electron chi connectivity index (χ3n) is 3.48. The Labute approximate surface area is 133 Å². The number of carbonyl (C=O) groups excluding carboxylic acids is 2. The molecule has 0 aliphatic heterocycles. The Morgan fingerprint density at radius 2 is 2.17 bits per heavy atom. The lowest BCUT2D eigenvalue weighted by atomic mass is 10.0. The van der Waals surface area contributed by atoms with Crippen LogP contribution >= 0.6 is 0 Å². The second kappa shape index (κ2) is 7.23. The summed E-state index contributed by atoms with van der Waals surface area (Å²) in [5.74, 6) is -1.21. The van der Waals surface area contributed by atoms with E-state index in [1.807, 2.05) is 0 Å². The lowest BCUT2D eigenvalue weighted by Gasteiger charge is -2.17. The maximum Gasteiger partial charge on any atom is 0.328 e. The van der Waals surface area contributed by atoms with Crippen molar-refractivity contribution in [2.45, 2.75) is 31.8 Å². The van der Waals surface area contributed by atoms with Crippen molar-refractivity contribution < 1.29 is 18.7 Å². The average molecular weight is 321 g/mol. The van der Waals surface area contributed by atoms with Gasteiger partial charge in [-0.25, -0.2) is 9.18 Å². The predicted molar refractivity (Wildman–Crippen MR) is 84.2 cm³/mol. The summed E-state index contributed by atoms with van der Waals surface area (Å²) in [4.78, 5) is 26.7. The van der Waals surface area contributed by atoms with Crippen LogP contribution in [-0.2, 0) is 20.7 Å². The summed E-state index contributed by atoms with van der Waals surface area (Å²) in [5, 5.41) is 3.43. The Morgan fingerprint density at radius 3 is 2.83 bits per heavy atom. The molecule has 2 rings (SSSR count). The number of esters is 1. The fourth-order valence-electron chi connectivity index (χ4n) is 2.43. The van der Waals surface area contributed by atoms with Gasteiger partial charge in [0.15, 0.2) is 0 Å². The Morgan fingerprint density at radius 1 is 1.43 bits per heavy atom. The molecule has 1 aromatic heterocycles. The molecular formula is C16H20FN3O3. The second-order valence-electron chi connectivity index (χ2n) is 5.53. The van der Waals surface area contributed by atoms with Crippen molar-refractivity contribution in [1.82, 2.24) is 10.3 Å². The number of hydrogen-bond acceptors (Lipinski definition) is 4. The zero-order valence-corrected chi connectivity index (χ0v) is 13.1. The molecule has 0 fully saturated rings. The van der Waals surface area contributed by atoms with E-state index in [0.717, 1.165) is 10.9 Å². The Bertz CT molecular complexity index is 712. The molecule has 0 saturated heterocycles. The van der Waals surface area contributed by atoms with Crippen LogP contribution < -0.4 is 11.1 Å². The first-order chi connectivity index (χ1) is 10.9. The van der Waals surface area contributed by atoms with Crippen LogP contribution in [0.15, 0.2) is 24.4 Å². The van der Waals surface area contributed by atoms with E-state index in [2.05, 4.69) is 10.3 Å². The first-order valence-electron chi connectivity index (χ1n) is 7.29. The lowest BCUT2D eigenvalue weighted by molar-refractivity contribution is -0.145. The second-order valence-corrected chi connectivity index (χ2v) is 5.53. The molecule has 1 amide bonds. The summed E-state index contributed by atoms with van der Waals surface area (Å²) >= 11 is 0. The number of amides is 1. The third kappa shape index (κ3) is 4.29. The van der Waals surface area contributed by atoms with Crippen LogP contribution in [0.3, 0.4) is 0 Å². The van der Waals surface area contributed by atoms with E-state index in [4.69, 9.17) is 10.5 Å². The number of ether oxygens (including phenoxy) is 1. The Balaban J connectivity index is 2.19. The molecule has 124 valence electrons. The van der Waals surface area contributed by atoms with Crippen LogP contribution in [0.4, 0.5) is 4.39 Å². The molecule has 0 spiro atoms. The minimum Gasteiger partial charge on any atom is -0.467 e. The summed E-state index contributed by atoms with van der Waals surface area (Å²) in [7, 11) is 1.26. The fraction of sp³-hybridized carbons (Fsp3) is 0.375. The predicted octanol–water partition coefficient (Wildman–Crippen LogP) is 1.24. The van der Waals surface area contributed by atoms with E-state index in [9.17, 15) is 14.0 Å². The number of aromatic amines is 1. The highest BCUT2D eigenvalue weighted by molar-refractivity contribution is 5.87. The molecule has 1 aromatic carbocycles. The monoisotopic (exact) mass is 321 g/mol. The van der Waals surface area contributed by atoms with Gasteiger partial charge in [-0.15, -0.1) is 0 Å². The standard InChI is InChI=1S/C16H20FN3O3/c1-9(18)5-15(21)20-14(16(22)23-2)6-10-8-19-13-7-11(17)3-4-12(10)13/h3-4,7-9,14,19H,5-6,18H2,1-2H3,(H,20,21). The van der Waals surface area contributed by atoms with E-state index >= 15 is 0 Å². The first-order valence-corrected chi connectivity index (χ1v) is 7.29. The molecule has 23 heavy (non-hydrogen) atoms. The number of nitrogens with one attached hydrogen (secondary N) is 2. The topological polar surface area (TPSA) is 97.2 Å². The summed E-state index contributed by atoms with van der Waals surface area (Å²) in [5.41, 5.74) is 7.00. The van der Waals surface area contributed by atoms with Crippen LogP contribution in [-0.4, -0.2) is 36.1 Å². The van der Waals surface area contributed by atoms with Crippen LogP contribution in [0.2, 0.25) is 0 Å². The summed E-state index contributed by atoms with van der Waals surface area (Å²) in [6.07, 6.45) is 2.05. The highest BCUT2D eigenvalue weighted by Crippen LogP contribution is 2.20. The number of methoxy groups -OCH3 is 1. The molecule has 0 aliphatic rings. The number of nitrogens with two attached hydrogens (primary N) is 1. The van der Waals surface area contributed by atoms with Crippen LogP contribution in [0.5, 0.6) is 0 Å². The van der Waals surface area contributed by atoms with Gasteiger partial charge in [0.1, 0.15) is 11.9 Å². The number of hydrogen-bond donors (Lipinski definition) is 3. The number of H-pyrrole nitrogens is 1. The van der Waals surface area contributed by atoms with Gasteiger partial charge in [0, 0.05) is 36.0 Å². The molecule has 2 atom stereocenters. The van der Waals surface area contributed by atoms with Gasteiger partial charge < -0.3 is 20.8 Å². The molecular weight excluding hydrogens is 301 g/mol. The van der Waals surface area contributed by atoms with E-state index in [0.29, 0.717) is 5.52 Å². The van der Waals surface area contributed by atoms with Crippen LogP contribution in [0.25, 0.3) is 10.9 Å². The normalized spacial score (nSPS) is 13.6. The van der Waals surface area contributed by atoms with E-state index < -0.39 is 12.0 Å². The molecule has 0 aliphatic carbocycles. The summed E-state index contributed by atoms with van der Waals surface area (Å²) in [6.45, 7) is 1.71. The molecule has 0 saturated carbocycles. The van der Waals surface area contributed by atoms with Gasteiger partial charge in [0.2, 0.25) is 5.91 Å². The van der Waals surface area contributed by atoms with Gasteiger partial charge in [-0.05, 0) is 30.7 Å². The van der Waals surface area contributed by atoms with Gasteiger partial charge in [-0.3, -0.25) is 4.79 Å². The van der Waals surface area contributed by atoms with Gasteiger partial charge in [0.05, 0.1) is 7.11 Å². The number of fused-ring (bicyclic) bond motifs is 1.